The van der Waals surface area contributed by atoms with E-state index in [1.54, 1.807) is 6.07 Å². The predicted molar refractivity (Wildman–Crippen MR) is 140 cm³/mol. The summed E-state index contributed by atoms with van der Waals surface area (Å²) < 4.78 is 12.0. The highest BCUT2D eigenvalue weighted by Crippen LogP contribution is 2.44. The molecule has 1 fully saturated rings. The first-order valence-electron chi connectivity index (χ1n) is 12.4. The Morgan fingerprint density at radius 1 is 1.08 bits per heavy atom. The van der Waals surface area contributed by atoms with E-state index in [2.05, 4.69) is 25.8 Å². The SMILES string of the molecule is Cc1nc(Oc2ccc3c(c2)OC(N)=C(C#N)C3c2ccccc2C)cc(N2CCN(CCO)CC2)n1. The molecule has 190 valence electrons. The Labute approximate surface area is 216 Å². The van der Waals surface area contributed by atoms with E-state index < -0.39 is 0 Å². The second-order valence-corrected chi connectivity index (χ2v) is 9.25. The lowest BCUT2D eigenvalue weighted by atomic mass is 9.82. The van der Waals surface area contributed by atoms with Gasteiger partial charge in [0.15, 0.2) is 0 Å². The zero-order chi connectivity index (χ0) is 25.9. The average molecular weight is 499 g/mol. The summed E-state index contributed by atoms with van der Waals surface area (Å²) in [4.78, 5) is 13.5. The van der Waals surface area contributed by atoms with E-state index in [1.807, 2.05) is 56.3 Å². The van der Waals surface area contributed by atoms with Crippen molar-refractivity contribution >= 4 is 5.82 Å². The molecule has 3 aromatic rings. The summed E-state index contributed by atoms with van der Waals surface area (Å²) in [6.07, 6.45) is 0. The van der Waals surface area contributed by atoms with Crippen LogP contribution in [0.4, 0.5) is 5.82 Å². The molecule has 9 nitrogen and oxygen atoms in total. The van der Waals surface area contributed by atoms with Gasteiger partial charge in [-0.05, 0) is 31.0 Å². The van der Waals surface area contributed by atoms with Gasteiger partial charge < -0.3 is 25.2 Å². The van der Waals surface area contributed by atoms with Gasteiger partial charge in [0.1, 0.15) is 34.8 Å². The first-order chi connectivity index (χ1) is 18.0. The lowest BCUT2D eigenvalue weighted by molar-refractivity contribution is 0.188. The molecule has 9 heteroatoms. The highest BCUT2D eigenvalue weighted by Gasteiger charge is 2.31. The molecule has 0 bridgehead atoms. The van der Waals surface area contributed by atoms with Crippen LogP contribution in [0.5, 0.6) is 17.4 Å². The summed E-state index contributed by atoms with van der Waals surface area (Å²) in [7, 11) is 0. The lowest BCUT2D eigenvalue weighted by Crippen LogP contribution is -2.47. The van der Waals surface area contributed by atoms with Crippen LogP contribution < -0.4 is 20.1 Å². The van der Waals surface area contributed by atoms with Crippen molar-refractivity contribution in [2.24, 2.45) is 5.73 Å². The quantitative estimate of drug-likeness (QED) is 0.528. The van der Waals surface area contributed by atoms with E-state index in [0.29, 0.717) is 35.3 Å². The maximum Gasteiger partial charge on any atom is 0.224 e. The number of aryl methyl sites for hydroxylation is 2. The first kappa shape index (κ1) is 24.6. The average Bonchev–Trinajstić information content (AvgIpc) is 2.88. The number of rotatable bonds is 6. The molecule has 1 unspecified atom stereocenters. The summed E-state index contributed by atoms with van der Waals surface area (Å²) in [6.45, 7) is 8.08. The molecule has 0 saturated carbocycles. The third kappa shape index (κ3) is 5.07. The van der Waals surface area contributed by atoms with Crippen LogP contribution in [0.2, 0.25) is 0 Å². The molecule has 2 aliphatic rings. The number of allylic oxidation sites excluding steroid dienone is 1. The van der Waals surface area contributed by atoms with E-state index in [9.17, 15) is 10.4 Å². The van der Waals surface area contributed by atoms with E-state index in [4.69, 9.17) is 15.2 Å². The molecule has 0 amide bonds. The highest BCUT2D eigenvalue weighted by atomic mass is 16.5. The van der Waals surface area contributed by atoms with Gasteiger partial charge in [0.25, 0.3) is 0 Å². The number of hydrogen-bond acceptors (Lipinski definition) is 9. The molecule has 3 N–H and O–H groups in total. The predicted octanol–water partition coefficient (Wildman–Crippen LogP) is 3.22. The Bertz CT molecular complexity index is 1370. The Hall–Kier alpha value is -4.13. The minimum absolute atomic E-state index is 0.0981. The van der Waals surface area contributed by atoms with Crippen LogP contribution in [-0.2, 0) is 0 Å². The molecule has 1 saturated heterocycles. The maximum atomic E-state index is 9.84. The van der Waals surface area contributed by atoms with Crippen molar-refractivity contribution in [2.45, 2.75) is 19.8 Å². The largest absolute Gasteiger partial charge is 0.440 e. The zero-order valence-corrected chi connectivity index (χ0v) is 21.0. The standard InChI is InChI=1S/C28H30N6O3/c1-18-5-3-4-6-21(18)27-22-8-7-20(15-24(22)37-28(30)23(27)17-29)36-26-16-25(31-19(2)32-26)34-11-9-33(10-12-34)13-14-35/h3-8,15-16,27,35H,9-14,30H2,1-2H3. The molecular weight excluding hydrogens is 468 g/mol. The van der Waals surface area contributed by atoms with Crippen molar-refractivity contribution in [1.82, 2.24) is 14.9 Å². The van der Waals surface area contributed by atoms with Crippen LogP contribution in [0.3, 0.4) is 0 Å². The number of aliphatic hydroxyl groups excluding tert-OH is 1. The number of β-amino-alcohol motifs (C(OH)–C–C–N with tert-alkyl or cyclic N) is 1. The number of piperazine rings is 1. The van der Waals surface area contributed by atoms with Crippen molar-refractivity contribution < 1.29 is 14.6 Å². The second-order valence-electron chi connectivity index (χ2n) is 9.25. The zero-order valence-electron chi connectivity index (χ0n) is 21.0. The number of fused-ring (bicyclic) bond motifs is 1. The number of aromatic nitrogens is 2. The van der Waals surface area contributed by atoms with Crippen molar-refractivity contribution in [3.63, 3.8) is 0 Å². The molecule has 0 radical (unpaired) electrons. The van der Waals surface area contributed by atoms with E-state index in [-0.39, 0.29) is 18.4 Å². The van der Waals surface area contributed by atoms with Gasteiger partial charge in [-0.15, -0.1) is 0 Å². The number of hydrogen-bond donors (Lipinski definition) is 2. The number of nitrogens with two attached hydrogens (primary N) is 1. The molecule has 2 aromatic carbocycles. The monoisotopic (exact) mass is 498 g/mol. The van der Waals surface area contributed by atoms with Crippen LogP contribution in [0.15, 0.2) is 60.0 Å². The molecule has 0 spiro atoms. The Morgan fingerprint density at radius 2 is 1.86 bits per heavy atom. The van der Waals surface area contributed by atoms with Crippen molar-refractivity contribution in [2.75, 3.05) is 44.2 Å². The minimum atomic E-state index is -0.318. The van der Waals surface area contributed by atoms with Gasteiger partial charge in [-0.3, -0.25) is 4.90 Å². The van der Waals surface area contributed by atoms with Crippen molar-refractivity contribution in [1.29, 1.82) is 5.26 Å². The van der Waals surface area contributed by atoms with Gasteiger partial charge in [0.2, 0.25) is 11.8 Å². The van der Waals surface area contributed by atoms with Gasteiger partial charge in [-0.2, -0.15) is 10.2 Å². The fourth-order valence-electron chi connectivity index (χ4n) is 4.93. The Kier molecular flexibility index (Phi) is 6.95. The van der Waals surface area contributed by atoms with Crippen LogP contribution in [0.25, 0.3) is 0 Å². The molecule has 37 heavy (non-hydrogen) atoms. The van der Waals surface area contributed by atoms with Crippen LogP contribution in [-0.4, -0.2) is 59.3 Å². The number of aliphatic hydroxyl groups is 1. The smallest absolute Gasteiger partial charge is 0.224 e. The van der Waals surface area contributed by atoms with Crippen LogP contribution in [0, 0.1) is 25.2 Å². The van der Waals surface area contributed by atoms with Crippen LogP contribution >= 0.6 is 0 Å². The number of nitrogens with zero attached hydrogens (tertiary/aromatic N) is 5. The molecule has 2 aliphatic heterocycles. The Balaban J connectivity index is 1.41. The van der Waals surface area contributed by atoms with E-state index in [0.717, 1.165) is 48.7 Å². The summed E-state index contributed by atoms with van der Waals surface area (Å²) in [5, 5.41) is 19.0. The number of benzene rings is 2. The van der Waals surface area contributed by atoms with Gasteiger partial charge in [0, 0.05) is 50.4 Å². The highest BCUT2D eigenvalue weighted by molar-refractivity contribution is 5.58. The lowest BCUT2D eigenvalue weighted by Gasteiger charge is -2.35. The Morgan fingerprint density at radius 3 is 2.59 bits per heavy atom. The fourth-order valence-corrected chi connectivity index (χ4v) is 4.93. The summed E-state index contributed by atoms with van der Waals surface area (Å²) in [5.41, 5.74) is 9.52. The third-order valence-corrected chi connectivity index (χ3v) is 6.83. The number of nitriles is 1. The summed E-state index contributed by atoms with van der Waals surface area (Å²) in [6, 6.07) is 17.6. The van der Waals surface area contributed by atoms with Crippen molar-refractivity contribution in [3.8, 4) is 23.4 Å². The molecule has 5 rings (SSSR count). The first-order valence-corrected chi connectivity index (χ1v) is 12.4. The third-order valence-electron chi connectivity index (χ3n) is 6.83. The van der Waals surface area contributed by atoms with E-state index >= 15 is 0 Å². The van der Waals surface area contributed by atoms with E-state index in [1.165, 1.54) is 0 Å². The second kappa shape index (κ2) is 10.5. The topological polar surface area (TPSA) is 121 Å². The molecule has 0 aliphatic carbocycles. The van der Waals surface area contributed by atoms with Crippen molar-refractivity contribution in [3.05, 3.63) is 82.5 Å². The minimum Gasteiger partial charge on any atom is -0.440 e. The molecule has 1 aromatic heterocycles. The fraction of sp³-hybridized carbons (Fsp3) is 0.321. The normalized spacial score (nSPS) is 17.7. The van der Waals surface area contributed by atoms with Gasteiger partial charge >= 0.3 is 0 Å². The van der Waals surface area contributed by atoms with Gasteiger partial charge in [-0.25, -0.2) is 4.98 Å². The molecule has 1 atom stereocenters. The maximum absolute atomic E-state index is 9.84. The summed E-state index contributed by atoms with van der Waals surface area (Å²) >= 11 is 0. The molecule has 3 heterocycles. The van der Waals surface area contributed by atoms with Crippen LogP contribution in [0.1, 0.15) is 28.4 Å². The van der Waals surface area contributed by atoms with Gasteiger partial charge in [-0.1, -0.05) is 30.3 Å². The number of anilines is 1. The number of ether oxygens (including phenoxy) is 2. The summed E-state index contributed by atoms with van der Waals surface area (Å²) in [5.74, 6) is 2.74. The molecular formula is C28H30N6O3. The van der Waals surface area contributed by atoms with Gasteiger partial charge in [0.05, 0.1) is 12.5 Å².